The SMILES string of the molecule is CCN(C(C)C)C(C)COC(=O)C(Nc1ccccc1C(=O)OC)c1ccccc1. The normalized spacial score (nSPS) is 13.0. The first-order valence-corrected chi connectivity index (χ1v) is 10.3. The molecule has 0 aliphatic heterocycles. The Hall–Kier alpha value is -2.86. The second-order valence-corrected chi connectivity index (χ2v) is 7.43. The van der Waals surface area contributed by atoms with E-state index in [9.17, 15) is 9.59 Å². The van der Waals surface area contributed by atoms with Crippen molar-refractivity contribution in [2.45, 2.75) is 45.8 Å². The lowest BCUT2D eigenvalue weighted by Crippen LogP contribution is -2.42. The van der Waals surface area contributed by atoms with Gasteiger partial charge in [-0.1, -0.05) is 49.4 Å². The molecule has 0 fully saturated rings. The van der Waals surface area contributed by atoms with Crippen LogP contribution in [0.15, 0.2) is 54.6 Å². The summed E-state index contributed by atoms with van der Waals surface area (Å²) in [6.07, 6.45) is 0. The van der Waals surface area contributed by atoms with Crippen LogP contribution in [0.25, 0.3) is 0 Å². The largest absolute Gasteiger partial charge is 0.465 e. The predicted octanol–water partition coefficient (Wildman–Crippen LogP) is 4.29. The quantitative estimate of drug-likeness (QED) is 0.587. The summed E-state index contributed by atoms with van der Waals surface area (Å²) in [5.74, 6) is -0.866. The number of carbonyl (C=O) groups excluding carboxylic acids is 2. The lowest BCUT2D eigenvalue weighted by Gasteiger charge is -2.31. The highest BCUT2D eigenvalue weighted by Gasteiger charge is 2.26. The number of carbonyl (C=O) groups is 2. The summed E-state index contributed by atoms with van der Waals surface area (Å²) in [6.45, 7) is 9.56. The van der Waals surface area contributed by atoms with Crippen molar-refractivity contribution in [2.75, 3.05) is 25.6 Å². The Morgan fingerprint density at radius 2 is 1.63 bits per heavy atom. The van der Waals surface area contributed by atoms with Crippen LogP contribution in [-0.4, -0.2) is 49.2 Å². The van der Waals surface area contributed by atoms with Gasteiger partial charge in [-0.3, -0.25) is 4.90 Å². The van der Waals surface area contributed by atoms with Gasteiger partial charge in [-0.05, 0) is 45.0 Å². The zero-order valence-corrected chi connectivity index (χ0v) is 18.4. The van der Waals surface area contributed by atoms with Gasteiger partial charge in [-0.2, -0.15) is 0 Å². The van der Waals surface area contributed by atoms with Gasteiger partial charge in [0, 0.05) is 17.8 Å². The number of rotatable bonds is 10. The Kier molecular flexibility index (Phi) is 8.87. The molecule has 6 nitrogen and oxygen atoms in total. The molecule has 0 aliphatic carbocycles. The monoisotopic (exact) mass is 412 g/mol. The average molecular weight is 413 g/mol. The number of benzene rings is 2. The number of ether oxygens (including phenoxy) is 2. The smallest absolute Gasteiger partial charge is 0.339 e. The van der Waals surface area contributed by atoms with Crippen LogP contribution in [0.1, 0.15) is 49.7 Å². The number of hydrogen-bond acceptors (Lipinski definition) is 6. The number of nitrogens with zero attached hydrogens (tertiary/aromatic N) is 1. The van der Waals surface area contributed by atoms with Crippen LogP contribution < -0.4 is 5.32 Å². The van der Waals surface area contributed by atoms with Crippen molar-refractivity contribution in [3.63, 3.8) is 0 Å². The predicted molar refractivity (Wildman–Crippen MR) is 119 cm³/mol. The molecule has 0 saturated heterocycles. The maximum absolute atomic E-state index is 13.1. The molecule has 0 saturated carbocycles. The Bertz CT molecular complexity index is 823. The molecule has 2 rings (SSSR count). The van der Waals surface area contributed by atoms with Gasteiger partial charge < -0.3 is 14.8 Å². The van der Waals surface area contributed by atoms with E-state index in [1.54, 1.807) is 24.3 Å². The lowest BCUT2D eigenvalue weighted by atomic mass is 10.1. The van der Waals surface area contributed by atoms with Gasteiger partial charge >= 0.3 is 11.9 Å². The minimum Gasteiger partial charge on any atom is -0.465 e. The molecular weight excluding hydrogens is 380 g/mol. The van der Waals surface area contributed by atoms with E-state index >= 15 is 0 Å². The molecule has 0 radical (unpaired) electrons. The standard InChI is InChI=1S/C24H32N2O4/c1-6-26(17(2)3)18(4)16-30-24(28)22(19-12-8-7-9-13-19)25-21-15-11-10-14-20(21)23(27)29-5/h7-15,17-18,22,25H,6,16H2,1-5H3. The Balaban J connectivity index is 2.23. The van der Waals surface area contributed by atoms with Crippen LogP contribution in [-0.2, 0) is 14.3 Å². The van der Waals surface area contributed by atoms with E-state index in [0.29, 0.717) is 17.3 Å². The summed E-state index contributed by atoms with van der Waals surface area (Å²) >= 11 is 0. The lowest BCUT2D eigenvalue weighted by molar-refractivity contribution is -0.146. The Morgan fingerprint density at radius 1 is 1.00 bits per heavy atom. The number of esters is 2. The number of anilines is 1. The zero-order chi connectivity index (χ0) is 22.1. The molecule has 6 heteroatoms. The maximum atomic E-state index is 13.1. The molecule has 2 unspecified atom stereocenters. The first-order valence-electron chi connectivity index (χ1n) is 10.3. The zero-order valence-electron chi connectivity index (χ0n) is 18.4. The summed E-state index contributed by atoms with van der Waals surface area (Å²) in [6, 6.07) is 16.0. The van der Waals surface area contributed by atoms with E-state index in [1.165, 1.54) is 7.11 Å². The summed E-state index contributed by atoms with van der Waals surface area (Å²) in [5, 5.41) is 3.18. The highest BCUT2D eigenvalue weighted by atomic mass is 16.5. The highest BCUT2D eigenvalue weighted by molar-refractivity contribution is 5.96. The second-order valence-electron chi connectivity index (χ2n) is 7.43. The van der Waals surface area contributed by atoms with E-state index in [1.807, 2.05) is 37.3 Å². The summed E-state index contributed by atoms with van der Waals surface area (Å²) in [5.41, 5.74) is 1.63. The fourth-order valence-corrected chi connectivity index (χ4v) is 3.54. The van der Waals surface area contributed by atoms with E-state index in [-0.39, 0.29) is 12.6 Å². The van der Waals surface area contributed by atoms with Crippen molar-refractivity contribution in [3.8, 4) is 0 Å². The molecule has 30 heavy (non-hydrogen) atoms. The van der Waals surface area contributed by atoms with Gasteiger partial charge in [0.05, 0.1) is 12.7 Å². The Labute approximate surface area is 179 Å². The van der Waals surface area contributed by atoms with Crippen LogP contribution in [0, 0.1) is 0 Å². The van der Waals surface area contributed by atoms with E-state index in [4.69, 9.17) is 9.47 Å². The second kappa shape index (κ2) is 11.4. The molecule has 0 aliphatic rings. The van der Waals surface area contributed by atoms with Crippen molar-refractivity contribution < 1.29 is 19.1 Å². The van der Waals surface area contributed by atoms with Crippen LogP contribution in [0.3, 0.4) is 0 Å². The van der Waals surface area contributed by atoms with Crippen molar-refractivity contribution in [3.05, 3.63) is 65.7 Å². The van der Waals surface area contributed by atoms with Gasteiger partial charge in [-0.15, -0.1) is 0 Å². The average Bonchev–Trinajstić information content (AvgIpc) is 2.76. The molecule has 2 aromatic carbocycles. The molecule has 0 spiro atoms. The summed E-state index contributed by atoms with van der Waals surface area (Å²) < 4.78 is 10.6. The first-order chi connectivity index (χ1) is 14.4. The minimum atomic E-state index is -0.752. The fourth-order valence-electron chi connectivity index (χ4n) is 3.54. The molecule has 162 valence electrons. The fraction of sp³-hybridized carbons (Fsp3) is 0.417. The van der Waals surface area contributed by atoms with Crippen LogP contribution >= 0.6 is 0 Å². The minimum absolute atomic E-state index is 0.0951. The number of methoxy groups -OCH3 is 1. The molecule has 0 aromatic heterocycles. The van der Waals surface area contributed by atoms with Gasteiger partial charge in [0.1, 0.15) is 6.61 Å². The summed E-state index contributed by atoms with van der Waals surface area (Å²) in [7, 11) is 1.33. The van der Waals surface area contributed by atoms with Crippen LogP contribution in [0.5, 0.6) is 0 Å². The number of nitrogens with one attached hydrogen (secondary N) is 1. The van der Waals surface area contributed by atoms with E-state index < -0.39 is 18.0 Å². The molecule has 0 heterocycles. The topological polar surface area (TPSA) is 67.9 Å². The van der Waals surface area contributed by atoms with Gasteiger partial charge in [0.15, 0.2) is 6.04 Å². The van der Waals surface area contributed by atoms with E-state index in [2.05, 4.69) is 31.0 Å². The van der Waals surface area contributed by atoms with E-state index in [0.717, 1.165) is 12.1 Å². The van der Waals surface area contributed by atoms with Crippen molar-refractivity contribution in [1.29, 1.82) is 0 Å². The van der Waals surface area contributed by atoms with Crippen molar-refractivity contribution in [2.24, 2.45) is 0 Å². The molecular formula is C24H32N2O4. The number of hydrogen-bond donors (Lipinski definition) is 1. The first kappa shape index (κ1) is 23.4. The van der Waals surface area contributed by atoms with Crippen molar-refractivity contribution in [1.82, 2.24) is 4.90 Å². The third kappa shape index (κ3) is 6.07. The van der Waals surface area contributed by atoms with Crippen LogP contribution in [0.4, 0.5) is 5.69 Å². The van der Waals surface area contributed by atoms with Crippen LogP contribution in [0.2, 0.25) is 0 Å². The van der Waals surface area contributed by atoms with Gasteiger partial charge in [0.2, 0.25) is 0 Å². The molecule has 1 N–H and O–H groups in total. The number of likely N-dealkylation sites (N-methyl/N-ethyl adjacent to an activating group) is 1. The third-order valence-corrected chi connectivity index (χ3v) is 5.06. The molecule has 0 bridgehead atoms. The molecule has 2 atom stereocenters. The van der Waals surface area contributed by atoms with Gasteiger partial charge in [0.25, 0.3) is 0 Å². The van der Waals surface area contributed by atoms with Crippen molar-refractivity contribution >= 4 is 17.6 Å². The van der Waals surface area contributed by atoms with Gasteiger partial charge in [-0.25, -0.2) is 9.59 Å². The highest BCUT2D eigenvalue weighted by Crippen LogP contribution is 2.25. The Morgan fingerprint density at radius 3 is 2.23 bits per heavy atom. The molecule has 0 amide bonds. The third-order valence-electron chi connectivity index (χ3n) is 5.06. The summed E-state index contributed by atoms with van der Waals surface area (Å²) in [4.78, 5) is 27.5. The number of para-hydroxylation sites is 1. The molecule has 2 aromatic rings. The maximum Gasteiger partial charge on any atom is 0.339 e.